The third-order valence-corrected chi connectivity index (χ3v) is 11.4. The predicted octanol–water partition coefficient (Wildman–Crippen LogP) is 18.0. The molecule has 0 saturated carbocycles. The highest BCUT2D eigenvalue weighted by Crippen LogP contribution is 2.23. The molecule has 2 unspecified atom stereocenters. The molecule has 0 heterocycles. The highest BCUT2D eigenvalue weighted by Gasteiger charge is 2.17. The zero-order valence-corrected chi connectivity index (χ0v) is 38.7. The largest absolute Gasteiger partial charge is 0.481 e. The maximum atomic E-state index is 12.5. The molecule has 0 aliphatic carbocycles. The third kappa shape index (κ3) is 48.6. The molecule has 0 radical (unpaired) electrons. The summed E-state index contributed by atoms with van der Waals surface area (Å²) in [5.41, 5.74) is 0. The van der Waals surface area contributed by atoms with Crippen molar-refractivity contribution in [3.8, 4) is 0 Å². The first-order valence-corrected chi connectivity index (χ1v) is 25.2. The van der Waals surface area contributed by atoms with Crippen molar-refractivity contribution in [1.82, 2.24) is 0 Å². The Morgan fingerprint density at radius 2 is 0.786 bits per heavy atom. The summed E-state index contributed by atoms with van der Waals surface area (Å²) in [6.07, 6.45) is 57.1. The molecule has 0 aromatic heterocycles. The third-order valence-electron chi connectivity index (χ3n) is 11.4. The molecule has 0 fully saturated rings. The summed E-state index contributed by atoms with van der Waals surface area (Å²) in [6.45, 7) is 11.4. The lowest BCUT2D eigenvalue weighted by atomic mass is 9.92. The van der Waals surface area contributed by atoms with E-state index in [0.29, 0.717) is 12.8 Å². The summed E-state index contributed by atoms with van der Waals surface area (Å²) in [4.78, 5) is 22.9. The summed E-state index contributed by atoms with van der Waals surface area (Å²) in [5.74, 6) is 0.185. The van der Waals surface area contributed by atoms with E-state index >= 15 is 0 Å². The van der Waals surface area contributed by atoms with Crippen LogP contribution in [0.15, 0.2) is 24.3 Å². The smallest absolute Gasteiger partial charge is 0.306 e. The first-order valence-electron chi connectivity index (χ1n) is 25.2. The number of ether oxygens (including phenoxy) is 1. The van der Waals surface area contributed by atoms with E-state index < -0.39 is 5.97 Å². The highest BCUT2D eigenvalue weighted by atomic mass is 16.5. The van der Waals surface area contributed by atoms with Crippen LogP contribution in [0.4, 0.5) is 0 Å². The number of hydrogen-bond donors (Lipinski definition) is 1. The van der Waals surface area contributed by atoms with Gasteiger partial charge in [-0.2, -0.15) is 0 Å². The summed E-state index contributed by atoms with van der Waals surface area (Å²) < 4.78 is 6.00. The van der Waals surface area contributed by atoms with Gasteiger partial charge in [0.2, 0.25) is 0 Å². The van der Waals surface area contributed by atoms with Crippen molar-refractivity contribution in [2.45, 2.75) is 291 Å². The minimum absolute atomic E-state index is 0.0507. The van der Waals surface area contributed by atoms with Crippen molar-refractivity contribution < 1.29 is 19.4 Å². The fourth-order valence-electron chi connectivity index (χ4n) is 7.46. The van der Waals surface area contributed by atoms with E-state index in [0.717, 1.165) is 44.4 Å². The molecule has 2 atom stereocenters. The van der Waals surface area contributed by atoms with Crippen molar-refractivity contribution in [1.29, 1.82) is 0 Å². The van der Waals surface area contributed by atoms with Crippen molar-refractivity contribution in [2.75, 3.05) is 0 Å². The maximum absolute atomic E-state index is 12.5. The van der Waals surface area contributed by atoms with Crippen LogP contribution in [-0.2, 0) is 14.3 Å². The Balaban J connectivity index is 0. The predicted molar refractivity (Wildman–Crippen MR) is 248 cm³/mol. The first kappa shape index (κ1) is 56.5. The Bertz CT molecular complexity index is 833. The van der Waals surface area contributed by atoms with Crippen LogP contribution in [0.2, 0.25) is 0 Å². The molecule has 0 saturated heterocycles. The van der Waals surface area contributed by atoms with Crippen LogP contribution >= 0.6 is 0 Å². The van der Waals surface area contributed by atoms with Gasteiger partial charge in [-0.1, -0.05) is 207 Å². The molecule has 1 N–H and O–H groups in total. The summed E-state index contributed by atoms with van der Waals surface area (Å²) in [6, 6.07) is 0. The van der Waals surface area contributed by atoms with Gasteiger partial charge in [-0.25, -0.2) is 0 Å². The molecule has 332 valence electrons. The fourth-order valence-corrected chi connectivity index (χ4v) is 7.46. The lowest BCUT2D eigenvalue weighted by Gasteiger charge is -2.21. The van der Waals surface area contributed by atoms with Gasteiger partial charge in [-0.3, -0.25) is 9.59 Å². The van der Waals surface area contributed by atoms with Gasteiger partial charge in [-0.15, -0.1) is 0 Å². The Morgan fingerprint density at radius 3 is 1.20 bits per heavy atom. The van der Waals surface area contributed by atoms with E-state index in [1.54, 1.807) is 0 Å². The summed E-state index contributed by atoms with van der Waals surface area (Å²) >= 11 is 0. The number of carbonyl (C=O) groups excluding carboxylic acids is 1. The quantitative estimate of drug-likeness (QED) is 0.0380. The van der Waals surface area contributed by atoms with Gasteiger partial charge in [-0.05, 0) is 95.8 Å². The Kier molecular flexibility index (Phi) is 50.0. The molecule has 4 nitrogen and oxygen atoms in total. The maximum Gasteiger partial charge on any atom is 0.306 e. The molecule has 56 heavy (non-hydrogen) atoms. The number of allylic oxidation sites excluding steroid dienone is 4. The Labute approximate surface area is 351 Å². The molecule has 0 rings (SSSR count). The molecule has 0 bridgehead atoms. The molecule has 0 aromatic carbocycles. The number of esters is 1. The Hall–Kier alpha value is -1.58. The number of carboxylic acids is 1. The lowest BCUT2D eigenvalue weighted by Crippen LogP contribution is -2.19. The van der Waals surface area contributed by atoms with Crippen molar-refractivity contribution in [2.24, 2.45) is 5.92 Å². The van der Waals surface area contributed by atoms with E-state index in [1.165, 1.54) is 199 Å². The van der Waals surface area contributed by atoms with Crippen LogP contribution in [0.1, 0.15) is 285 Å². The van der Waals surface area contributed by atoms with Gasteiger partial charge >= 0.3 is 11.9 Å². The number of unbranched alkanes of at least 4 members (excludes halogenated alkanes) is 26. The SMILES string of the molecule is CCCCCCCC/C=C/CCCCCCCC(=O)OC(CCCCCC)CCC(CC)CCCC.CCCCCCCC/C=C\CCCCCCCC(=O)O. The van der Waals surface area contributed by atoms with Crippen LogP contribution < -0.4 is 0 Å². The van der Waals surface area contributed by atoms with Crippen molar-refractivity contribution in [3.05, 3.63) is 24.3 Å². The van der Waals surface area contributed by atoms with Crippen LogP contribution in [0.5, 0.6) is 0 Å². The second-order valence-electron chi connectivity index (χ2n) is 17.0. The monoisotopic (exact) mass is 789 g/mol. The van der Waals surface area contributed by atoms with E-state index in [9.17, 15) is 9.59 Å². The molecular formula is C52H100O4. The molecule has 0 aromatic rings. The van der Waals surface area contributed by atoms with Gasteiger partial charge in [0.15, 0.2) is 0 Å². The number of aliphatic carboxylic acids is 1. The fraction of sp³-hybridized carbons (Fsp3) is 0.885. The van der Waals surface area contributed by atoms with Crippen LogP contribution in [-0.4, -0.2) is 23.1 Å². The van der Waals surface area contributed by atoms with Crippen molar-refractivity contribution in [3.63, 3.8) is 0 Å². The average molecular weight is 789 g/mol. The van der Waals surface area contributed by atoms with Gasteiger partial charge in [0.1, 0.15) is 6.10 Å². The minimum Gasteiger partial charge on any atom is -0.481 e. The highest BCUT2D eigenvalue weighted by molar-refractivity contribution is 5.69. The first-order chi connectivity index (χ1) is 27.4. The van der Waals surface area contributed by atoms with E-state index in [-0.39, 0.29) is 12.1 Å². The zero-order chi connectivity index (χ0) is 41.4. The second kappa shape index (κ2) is 49.6. The van der Waals surface area contributed by atoms with Crippen LogP contribution in [0, 0.1) is 5.92 Å². The van der Waals surface area contributed by atoms with Crippen LogP contribution in [0.25, 0.3) is 0 Å². The van der Waals surface area contributed by atoms with Gasteiger partial charge < -0.3 is 9.84 Å². The summed E-state index contributed by atoms with van der Waals surface area (Å²) in [7, 11) is 0. The standard InChI is InChI=1S/C34H66O2.C18H34O2/c1-5-9-12-14-15-16-17-18-19-20-21-22-23-24-26-29-34(35)36-33(28-25-13-10-6-2)31-30-32(8-4)27-11-7-3;1-2-3-4-5-6-7-8-9-10-11-12-13-14-15-16-17-18(19)20/h18-19,32-33H,5-17,20-31H2,1-4H3;9-10H,2-8,11-17H2,1H3,(H,19,20)/b19-18+;10-9-. The molecular weight excluding hydrogens is 689 g/mol. The molecule has 0 aliphatic heterocycles. The van der Waals surface area contributed by atoms with E-state index in [2.05, 4.69) is 58.9 Å². The lowest BCUT2D eigenvalue weighted by molar-refractivity contribution is -0.150. The molecule has 0 spiro atoms. The number of carbonyl (C=O) groups is 2. The van der Waals surface area contributed by atoms with Gasteiger partial charge in [0.25, 0.3) is 0 Å². The number of carboxylic acid groups (broad SMARTS) is 1. The molecule has 4 heteroatoms. The normalized spacial score (nSPS) is 12.6. The van der Waals surface area contributed by atoms with Crippen LogP contribution in [0.3, 0.4) is 0 Å². The topological polar surface area (TPSA) is 63.6 Å². The van der Waals surface area contributed by atoms with E-state index in [1.807, 2.05) is 0 Å². The molecule has 0 aliphatic rings. The summed E-state index contributed by atoms with van der Waals surface area (Å²) in [5, 5.41) is 8.51. The average Bonchev–Trinajstić information content (AvgIpc) is 3.19. The van der Waals surface area contributed by atoms with Crippen molar-refractivity contribution >= 4 is 11.9 Å². The molecule has 0 amide bonds. The number of hydrogen-bond acceptors (Lipinski definition) is 3. The van der Waals surface area contributed by atoms with Gasteiger partial charge in [0.05, 0.1) is 0 Å². The van der Waals surface area contributed by atoms with E-state index in [4.69, 9.17) is 9.84 Å². The number of rotatable bonds is 43. The Morgan fingerprint density at radius 1 is 0.411 bits per heavy atom. The zero-order valence-electron chi connectivity index (χ0n) is 38.7. The second-order valence-corrected chi connectivity index (χ2v) is 17.0. The van der Waals surface area contributed by atoms with Gasteiger partial charge in [0, 0.05) is 12.8 Å². The minimum atomic E-state index is -0.664.